The highest BCUT2D eigenvalue weighted by Gasteiger charge is 2.57. The average Bonchev–Trinajstić information content (AvgIpc) is 2.57. The average molecular weight is 343 g/mol. The molecular weight excluding hydrogens is 322 g/mol. The smallest absolute Gasteiger partial charge is 0.308 e. The van der Waals surface area contributed by atoms with Crippen molar-refractivity contribution < 1.29 is 39.4 Å². The van der Waals surface area contributed by atoms with Crippen molar-refractivity contribution in [2.75, 3.05) is 19.5 Å². The highest BCUT2D eigenvalue weighted by atomic mass is 16.7. The number of carbonyl (C=O) groups is 1. The molecule has 9 nitrogen and oxygen atoms in total. The highest BCUT2D eigenvalue weighted by Crippen LogP contribution is 2.34. The van der Waals surface area contributed by atoms with Crippen LogP contribution in [-0.4, -0.2) is 70.3 Å². The Morgan fingerprint density at radius 3 is 2.50 bits per heavy atom. The summed E-state index contributed by atoms with van der Waals surface area (Å²) in [5.74, 6) is -0.585. The topological polar surface area (TPSA) is 152 Å². The number of nitrogen functional groups attached to an aromatic ring is 1. The van der Waals surface area contributed by atoms with Gasteiger partial charge in [0.15, 0.2) is 5.60 Å². The van der Waals surface area contributed by atoms with Gasteiger partial charge in [0.05, 0.1) is 20.1 Å². The zero-order valence-electron chi connectivity index (χ0n) is 13.0. The normalized spacial score (nSPS) is 33.0. The number of carbonyl (C=O) groups excluding carboxylic acids is 1. The van der Waals surface area contributed by atoms with Gasteiger partial charge in [-0.3, -0.25) is 4.79 Å². The van der Waals surface area contributed by atoms with E-state index in [1.807, 2.05) is 0 Å². The molecule has 2 rings (SSSR count). The van der Waals surface area contributed by atoms with Gasteiger partial charge in [0.1, 0.15) is 24.1 Å². The van der Waals surface area contributed by atoms with Crippen LogP contribution in [0.2, 0.25) is 0 Å². The van der Waals surface area contributed by atoms with Gasteiger partial charge >= 0.3 is 5.97 Å². The van der Waals surface area contributed by atoms with E-state index in [2.05, 4.69) is 4.74 Å². The first-order chi connectivity index (χ1) is 11.3. The Morgan fingerprint density at radius 1 is 1.33 bits per heavy atom. The molecule has 6 N–H and O–H groups in total. The molecule has 0 bridgehead atoms. The van der Waals surface area contributed by atoms with E-state index in [4.69, 9.17) is 15.2 Å². The molecule has 1 aromatic carbocycles. The summed E-state index contributed by atoms with van der Waals surface area (Å²) in [6.07, 6.45) is -6.83. The van der Waals surface area contributed by atoms with Gasteiger partial charge in [0.25, 0.3) is 0 Å². The van der Waals surface area contributed by atoms with Crippen LogP contribution in [0, 0.1) is 0 Å². The Balaban J connectivity index is 2.30. The molecule has 0 spiro atoms. The first-order valence-corrected chi connectivity index (χ1v) is 7.25. The summed E-state index contributed by atoms with van der Waals surface area (Å²) in [5.41, 5.74) is 3.79. The lowest BCUT2D eigenvalue weighted by Gasteiger charge is -2.47. The Morgan fingerprint density at radius 2 is 1.96 bits per heavy atom. The minimum absolute atomic E-state index is 0.248. The monoisotopic (exact) mass is 343 g/mol. The van der Waals surface area contributed by atoms with Gasteiger partial charge < -0.3 is 40.4 Å². The third kappa shape index (κ3) is 3.60. The van der Waals surface area contributed by atoms with Crippen molar-refractivity contribution >= 4 is 11.7 Å². The predicted octanol–water partition coefficient (Wildman–Crippen LogP) is -1.62. The summed E-state index contributed by atoms with van der Waals surface area (Å²) < 4.78 is 15.3. The molecule has 0 saturated carbocycles. The summed E-state index contributed by atoms with van der Waals surface area (Å²) in [4.78, 5) is 11.6. The highest BCUT2D eigenvalue weighted by molar-refractivity contribution is 5.70. The first-order valence-electron chi connectivity index (χ1n) is 7.25. The molecule has 1 aromatic rings. The van der Waals surface area contributed by atoms with Gasteiger partial charge in [-0.25, -0.2) is 0 Å². The fraction of sp³-hybridized carbons (Fsp3) is 0.533. The van der Waals surface area contributed by atoms with Gasteiger partial charge in [-0.1, -0.05) is 0 Å². The number of hydrogen-bond donors (Lipinski definition) is 5. The van der Waals surface area contributed by atoms with Crippen molar-refractivity contribution in [1.82, 2.24) is 0 Å². The number of aliphatic hydroxyl groups excluding tert-OH is 3. The SMILES string of the molecule is COC(=O)C[C@@]1(O)[C@@H](Oc2ccc(N)cc2)O[C@H](CO)[C@@H](O)[C@@H]1O. The van der Waals surface area contributed by atoms with Crippen LogP contribution >= 0.6 is 0 Å². The Hall–Kier alpha value is -1.91. The lowest BCUT2D eigenvalue weighted by atomic mass is 9.84. The second kappa shape index (κ2) is 7.32. The number of rotatable bonds is 5. The molecule has 0 aliphatic carbocycles. The van der Waals surface area contributed by atoms with Crippen molar-refractivity contribution in [2.45, 2.75) is 36.6 Å². The molecule has 134 valence electrons. The Bertz CT molecular complexity index is 565. The van der Waals surface area contributed by atoms with Crippen molar-refractivity contribution in [1.29, 1.82) is 0 Å². The Labute approximate surface area is 138 Å². The molecule has 0 amide bonds. The third-order valence-corrected chi connectivity index (χ3v) is 3.88. The predicted molar refractivity (Wildman–Crippen MR) is 80.8 cm³/mol. The van der Waals surface area contributed by atoms with E-state index < -0.39 is 49.2 Å². The van der Waals surface area contributed by atoms with Gasteiger partial charge in [-0.2, -0.15) is 0 Å². The van der Waals surface area contributed by atoms with Crippen LogP contribution < -0.4 is 10.5 Å². The molecule has 9 heteroatoms. The van der Waals surface area contributed by atoms with E-state index in [-0.39, 0.29) is 5.75 Å². The van der Waals surface area contributed by atoms with Gasteiger partial charge in [-0.05, 0) is 24.3 Å². The molecule has 5 atom stereocenters. The molecule has 0 aromatic heterocycles. The van der Waals surface area contributed by atoms with Crippen molar-refractivity contribution in [3.8, 4) is 5.75 Å². The summed E-state index contributed by atoms with van der Waals surface area (Å²) >= 11 is 0. The fourth-order valence-electron chi connectivity index (χ4n) is 2.44. The van der Waals surface area contributed by atoms with Crippen LogP contribution in [0.5, 0.6) is 5.75 Å². The van der Waals surface area contributed by atoms with Crippen molar-refractivity contribution in [3.05, 3.63) is 24.3 Å². The molecule has 0 unspecified atom stereocenters. The van der Waals surface area contributed by atoms with Gasteiger partial charge in [-0.15, -0.1) is 0 Å². The minimum atomic E-state index is -2.28. The molecule has 1 saturated heterocycles. The largest absolute Gasteiger partial charge is 0.469 e. The van der Waals surface area contributed by atoms with Gasteiger partial charge in [0, 0.05) is 5.69 Å². The molecule has 1 aliphatic heterocycles. The van der Waals surface area contributed by atoms with Crippen LogP contribution in [0.25, 0.3) is 0 Å². The number of benzene rings is 1. The molecule has 0 radical (unpaired) electrons. The van der Waals surface area contributed by atoms with Crippen LogP contribution in [0.4, 0.5) is 5.69 Å². The Kier molecular flexibility index (Phi) is 5.62. The lowest BCUT2D eigenvalue weighted by molar-refractivity contribution is -0.321. The maximum atomic E-state index is 11.6. The van der Waals surface area contributed by atoms with E-state index in [1.165, 1.54) is 12.1 Å². The fourth-order valence-corrected chi connectivity index (χ4v) is 2.44. The summed E-state index contributed by atoms with van der Waals surface area (Å²) in [7, 11) is 1.12. The molecule has 1 aliphatic rings. The lowest BCUT2D eigenvalue weighted by Crippen LogP contribution is -2.68. The van der Waals surface area contributed by atoms with Crippen LogP contribution in [0.15, 0.2) is 24.3 Å². The van der Waals surface area contributed by atoms with E-state index in [9.17, 15) is 25.2 Å². The van der Waals surface area contributed by atoms with Crippen molar-refractivity contribution in [2.24, 2.45) is 0 Å². The first kappa shape index (κ1) is 18.4. The van der Waals surface area contributed by atoms with Crippen LogP contribution in [0.1, 0.15) is 6.42 Å². The number of ether oxygens (including phenoxy) is 3. The number of methoxy groups -OCH3 is 1. The number of esters is 1. The number of hydrogen-bond acceptors (Lipinski definition) is 9. The summed E-state index contributed by atoms with van der Waals surface area (Å²) in [6.45, 7) is -0.617. The van der Waals surface area contributed by atoms with E-state index in [1.54, 1.807) is 12.1 Å². The van der Waals surface area contributed by atoms with Crippen molar-refractivity contribution in [3.63, 3.8) is 0 Å². The minimum Gasteiger partial charge on any atom is -0.469 e. The number of nitrogens with two attached hydrogens (primary N) is 1. The van der Waals surface area contributed by atoms with Crippen LogP contribution in [0.3, 0.4) is 0 Å². The number of anilines is 1. The second-order valence-electron chi connectivity index (χ2n) is 5.56. The standard InChI is InChI=1S/C15H21NO8/c1-22-11(18)6-15(21)13(20)12(19)10(7-17)24-14(15)23-9-4-2-8(16)3-5-9/h2-5,10,12-14,17,19-21H,6-7,16H2,1H3/t10-,12-,13+,14+,15+/m1/s1. The summed E-state index contributed by atoms with van der Waals surface area (Å²) in [6, 6.07) is 6.10. The van der Waals surface area contributed by atoms with E-state index in [0.717, 1.165) is 7.11 Å². The summed E-state index contributed by atoms with van der Waals surface area (Å²) in [5, 5.41) is 40.2. The third-order valence-electron chi connectivity index (χ3n) is 3.88. The quantitative estimate of drug-likeness (QED) is 0.314. The van der Waals surface area contributed by atoms with Crippen LogP contribution in [-0.2, 0) is 14.3 Å². The second-order valence-corrected chi connectivity index (χ2v) is 5.56. The molecule has 1 heterocycles. The maximum absolute atomic E-state index is 11.6. The molecule has 1 fully saturated rings. The van der Waals surface area contributed by atoms with Gasteiger partial charge in [0.2, 0.25) is 6.29 Å². The van der Waals surface area contributed by atoms with E-state index >= 15 is 0 Å². The zero-order chi connectivity index (χ0) is 17.9. The molecular formula is C15H21NO8. The number of aliphatic hydroxyl groups is 4. The molecule has 24 heavy (non-hydrogen) atoms. The maximum Gasteiger partial charge on any atom is 0.308 e. The van der Waals surface area contributed by atoms with E-state index in [0.29, 0.717) is 5.69 Å². The zero-order valence-corrected chi connectivity index (χ0v) is 13.0.